The van der Waals surface area contributed by atoms with Crippen molar-refractivity contribution in [1.82, 2.24) is 14.5 Å². The van der Waals surface area contributed by atoms with E-state index < -0.39 is 0 Å². The summed E-state index contributed by atoms with van der Waals surface area (Å²) >= 11 is 0. The second kappa shape index (κ2) is 4.42. The van der Waals surface area contributed by atoms with Gasteiger partial charge < -0.3 is 9.67 Å². The van der Waals surface area contributed by atoms with Gasteiger partial charge in [0.25, 0.3) is 0 Å². The second-order valence-corrected chi connectivity index (χ2v) is 5.19. The summed E-state index contributed by atoms with van der Waals surface area (Å²) in [6, 6.07) is 0.504. The Kier molecular flexibility index (Phi) is 2.92. The second-order valence-electron chi connectivity index (χ2n) is 5.19. The number of nitrogens with zero attached hydrogens (tertiary/aromatic N) is 3. The Labute approximate surface area is 102 Å². The quantitative estimate of drug-likeness (QED) is 0.841. The third kappa shape index (κ3) is 1.89. The highest BCUT2D eigenvalue weighted by atomic mass is 16.3. The molecule has 2 atom stereocenters. The van der Waals surface area contributed by atoms with Crippen LogP contribution < -0.4 is 0 Å². The van der Waals surface area contributed by atoms with E-state index in [1.165, 1.54) is 30.9 Å². The lowest BCUT2D eigenvalue weighted by Crippen LogP contribution is -2.28. The van der Waals surface area contributed by atoms with Crippen LogP contribution in [0.25, 0.3) is 0 Å². The van der Waals surface area contributed by atoms with E-state index in [0.717, 1.165) is 25.9 Å². The fraction of sp³-hybridized carbons (Fsp3) is 0.769. The summed E-state index contributed by atoms with van der Waals surface area (Å²) in [5, 5.41) is 9.68. The van der Waals surface area contributed by atoms with Crippen LogP contribution in [0.4, 0.5) is 0 Å². The van der Waals surface area contributed by atoms with E-state index in [1.54, 1.807) is 0 Å². The smallest absolute Gasteiger partial charge is 0.126 e. The number of likely N-dealkylation sites (tertiary alicyclic amines) is 1. The van der Waals surface area contributed by atoms with Gasteiger partial charge in [0, 0.05) is 24.9 Å². The standard InChI is InChI=1S/C13H21N3O/c1-2-15-6-3-4-12(15)13-14-9-10-8-11(17)5-7-16(10)13/h9,11-12,17H,2-8H2,1H3. The maximum atomic E-state index is 9.68. The van der Waals surface area contributed by atoms with E-state index in [0.29, 0.717) is 6.04 Å². The molecule has 1 N–H and O–H groups in total. The Balaban J connectivity index is 1.89. The van der Waals surface area contributed by atoms with Gasteiger partial charge in [0.15, 0.2) is 0 Å². The van der Waals surface area contributed by atoms with Crippen molar-refractivity contribution in [1.29, 1.82) is 0 Å². The SMILES string of the molecule is CCN1CCCC1c1ncc2n1CCC(O)C2. The predicted molar refractivity (Wildman–Crippen MR) is 65.8 cm³/mol. The molecule has 2 aliphatic rings. The maximum absolute atomic E-state index is 9.68. The lowest BCUT2D eigenvalue weighted by atomic mass is 10.1. The zero-order chi connectivity index (χ0) is 11.8. The Morgan fingerprint density at radius 2 is 2.29 bits per heavy atom. The average Bonchev–Trinajstić information content (AvgIpc) is 2.92. The molecule has 4 nitrogen and oxygen atoms in total. The van der Waals surface area contributed by atoms with Crippen molar-refractivity contribution in [2.75, 3.05) is 13.1 Å². The van der Waals surface area contributed by atoms with Crippen molar-refractivity contribution in [3.63, 3.8) is 0 Å². The number of aliphatic hydroxyl groups excluding tert-OH is 1. The molecule has 0 bridgehead atoms. The summed E-state index contributed by atoms with van der Waals surface area (Å²) in [5.41, 5.74) is 1.21. The number of fused-ring (bicyclic) bond motifs is 1. The van der Waals surface area contributed by atoms with Gasteiger partial charge in [-0.1, -0.05) is 6.92 Å². The van der Waals surface area contributed by atoms with Gasteiger partial charge >= 0.3 is 0 Å². The molecule has 1 fully saturated rings. The summed E-state index contributed by atoms with van der Waals surface area (Å²) in [7, 11) is 0. The zero-order valence-corrected chi connectivity index (χ0v) is 10.5. The van der Waals surface area contributed by atoms with Crippen LogP contribution in [0.2, 0.25) is 0 Å². The molecule has 0 aromatic carbocycles. The maximum Gasteiger partial charge on any atom is 0.126 e. The first-order valence-electron chi connectivity index (χ1n) is 6.76. The Morgan fingerprint density at radius 3 is 3.12 bits per heavy atom. The largest absolute Gasteiger partial charge is 0.393 e. The molecule has 0 spiro atoms. The van der Waals surface area contributed by atoms with Crippen molar-refractivity contribution < 1.29 is 5.11 Å². The summed E-state index contributed by atoms with van der Waals surface area (Å²) in [6.07, 6.45) is 5.94. The predicted octanol–water partition coefficient (Wildman–Crippen LogP) is 1.35. The van der Waals surface area contributed by atoms with Crippen molar-refractivity contribution in [2.24, 2.45) is 0 Å². The molecule has 0 saturated carbocycles. The molecule has 2 aliphatic heterocycles. The highest BCUT2D eigenvalue weighted by Crippen LogP contribution is 2.32. The minimum atomic E-state index is -0.169. The van der Waals surface area contributed by atoms with Crippen LogP contribution in [0.3, 0.4) is 0 Å². The monoisotopic (exact) mass is 235 g/mol. The molecule has 0 amide bonds. The molecule has 1 aromatic rings. The van der Waals surface area contributed by atoms with E-state index in [-0.39, 0.29) is 6.10 Å². The van der Waals surface area contributed by atoms with Gasteiger partial charge in [0.2, 0.25) is 0 Å². The molecule has 3 heterocycles. The topological polar surface area (TPSA) is 41.3 Å². The molecular weight excluding hydrogens is 214 g/mol. The van der Waals surface area contributed by atoms with Crippen LogP contribution in [0.1, 0.15) is 43.7 Å². The van der Waals surface area contributed by atoms with Gasteiger partial charge in [-0.25, -0.2) is 4.98 Å². The van der Waals surface area contributed by atoms with Crippen LogP contribution in [0.5, 0.6) is 0 Å². The first kappa shape index (κ1) is 11.2. The number of rotatable bonds is 2. The third-order valence-corrected chi connectivity index (χ3v) is 4.17. The highest BCUT2D eigenvalue weighted by Gasteiger charge is 2.30. The lowest BCUT2D eigenvalue weighted by Gasteiger charge is -2.26. The van der Waals surface area contributed by atoms with E-state index in [9.17, 15) is 5.11 Å². The van der Waals surface area contributed by atoms with Gasteiger partial charge in [-0.05, 0) is 32.4 Å². The first-order chi connectivity index (χ1) is 8.29. The molecule has 4 heteroatoms. The molecular formula is C13H21N3O. The number of hydrogen-bond donors (Lipinski definition) is 1. The molecule has 1 saturated heterocycles. The number of aliphatic hydroxyl groups is 1. The van der Waals surface area contributed by atoms with Crippen molar-refractivity contribution >= 4 is 0 Å². The summed E-state index contributed by atoms with van der Waals surface area (Å²) in [6.45, 7) is 5.46. The van der Waals surface area contributed by atoms with E-state index in [4.69, 9.17) is 0 Å². The lowest BCUT2D eigenvalue weighted by molar-refractivity contribution is 0.140. The first-order valence-corrected chi connectivity index (χ1v) is 6.76. The summed E-state index contributed by atoms with van der Waals surface area (Å²) in [5.74, 6) is 1.23. The molecule has 3 rings (SSSR count). The van der Waals surface area contributed by atoms with Gasteiger partial charge in [-0.15, -0.1) is 0 Å². The van der Waals surface area contributed by atoms with Crippen LogP contribution in [0, 0.1) is 0 Å². The van der Waals surface area contributed by atoms with Gasteiger partial charge in [-0.2, -0.15) is 0 Å². The Morgan fingerprint density at radius 1 is 1.41 bits per heavy atom. The van der Waals surface area contributed by atoms with Gasteiger partial charge in [0.1, 0.15) is 5.82 Å². The van der Waals surface area contributed by atoms with Crippen LogP contribution in [-0.4, -0.2) is 38.8 Å². The van der Waals surface area contributed by atoms with Crippen molar-refractivity contribution in [3.8, 4) is 0 Å². The molecule has 0 radical (unpaired) electrons. The van der Waals surface area contributed by atoms with Crippen molar-refractivity contribution in [2.45, 2.75) is 51.3 Å². The van der Waals surface area contributed by atoms with Crippen LogP contribution in [-0.2, 0) is 13.0 Å². The summed E-state index contributed by atoms with van der Waals surface area (Å²) < 4.78 is 2.34. The molecule has 2 unspecified atom stereocenters. The van der Waals surface area contributed by atoms with Crippen molar-refractivity contribution in [3.05, 3.63) is 17.7 Å². The molecule has 1 aromatic heterocycles. The molecule has 0 aliphatic carbocycles. The summed E-state index contributed by atoms with van der Waals surface area (Å²) in [4.78, 5) is 7.14. The minimum Gasteiger partial charge on any atom is -0.393 e. The zero-order valence-electron chi connectivity index (χ0n) is 10.5. The van der Waals surface area contributed by atoms with E-state index in [1.807, 2.05) is 6.20 Å². The Hall–Kier alpha value is -0.870. The minimum absolute atomic E-state index is 0.169. The van der Waals surface area contributed by atoms with E-state index >= 15 is 0 Å². The average molecular weight is 235 g/mol. The fourth-order valence-corrected chi connectivity index (χ4v) is 3.23. The van der Waals surface area contributed by atoms with Gasteiger partial charge in [0.05, 0.1) is 12.1 Å². The highest BCUT2D eigenvalue weighted by molar-refractivity contribution is 5.13. The number of aromatic nitrogens is 2. The third-order valence-electron chi connectivity index (χ3n) is 4.17. The normalized spacial score (nSPS) is 29.5. The van der Waals surface area contributed by atoms with E-state index in [2.05, 4.69) is 21.4 Å². The number of hydrogen-bond acceptors (Lipinski definition) is 3. The van der Waals surface area contributed by atoms with Crippen LogP contribution >= 0.6 is 0 Å². The molecule has 17 heavy (non-hydrogen) atoms. The molecule has 94 valence electrons. The fourth-order valence-electron chi connectivity index (χ4n) is 3.23. The van der Waals surface area contributed by atoms with Crippen LogP contribution in [0.15, 0.2) is 6.20 Å². The number of imidazole rings is 1. The Bertz CT molecular complexity index is 401. The van der Waals surface area contributed by atoms with Gasteiger partial charge in [-0.3, -0.25) is 4.90 Å².